The fourth-order valence-corrected chi connectivity index (χ4v) is 1.29. The van der Waals surface area contributed by atoms with Crippen LogP contribution in [-0.4, -0.2) is 11.4 Å². The SMILES string of the molecule is CSc1ccc([C@@H](C)O)cc1. The normalized spacial score (nSPS) is 13.0. The van der Waals surface area contributed by atoms with Gasteiger partial charge in [0, 0.05) is 4.90 Å². The molecule has 0 radical (unpaired) electrons. The molecule has 0 aliphatic carbocycles. The van der Waals surface area contributed by atoms with E-state index in [4.69, 9.17) is 0 Å². The minimum atomic E-state index is -0.356. The van der Waals surface area contributed by atoms with E-state index in [0.29, 0.717) is 0 Å². The third kappa shape index (κ3) is 2.24. The van der Waals surface area contributed by atoms with Gasteiger partial charge in [-0.2, -0.15) is 0 Å². The average Bonchev–Trinajstić information content (AvgIpc) is 2.05. The van der Waals surface area contributed by atoms with E-state index >= 15 is 0 Å². The molecule has 0 saturated carbocycles. The summed E-state index contributed by atoms with van der Waals surface area (Å²) in [7, 11) is 0. The van der Waals surface area contributed by atoms with Crippen LogP contribution in [0.1, 0.15) is 18.6 Å². The van der Waals surface area contributed by atoms with E-state index in [1.807, 2.05) is 30.5 Å². The molecule has 0 saturated heterocycles. The van der Waals surface area contributed by atoms with Gasteiger partial charge in [0.15, 0.2) is 0 Å². The maximum Gasteiger partial charge on any atom is 0.0761 e. The summed E-state index contributed by atoms with van der Waals surface area (Å²) in [6, 6.07) is 7.95. The molecule has 0 aromatic heterocycles. The Morgan fingerprint density at radius 2 is 1.82 bits per heavy atom. The zero-order valence-electron chi connectivity index (χ0n) is 6.74. The summed E-state index contributed by atoms with van der Waals surface area (Å²) in [5, 5.41) is 9.18. The van der Waals surface area contributed by atoms with Crippen molar-refractivity contribution < 1.29 is 5.11 Å². The lowest BCUT2D eigenvalue weighted by atomic mass is 10.1. The van der Waals surface area contributed by atoms with Gasteiger partial charge in [0.2, 0.25) is 0 Å². The molecule has 0 unspecified atom stereocenters. The van der Waals surface area contributed by atoms with E-state index < -0.39 is 0 Å². The van der Waals surface area contributed by atoms with Gasteiger partial charge in [-0.3, -0.25) is 0 Å². The summed E-state index contributed by atoms with van der Waals surface area (Å²) in [5.74, 6) is 0. The molecule has 1 aromatic rings. The first kappa shape index (κ1) is 8.62. The molecule has 11 heavy (non-hydrogen) atoms. The number of aliphatic hydroxyl groups is 1. The Morgan fingerprint density at radius 1 is 1.27 bits per heavy atom. The van der Waals surface area contributed by atoms with Gasteiger partial charge in [0.25, 0.3) is 0 Å². The Morgan fingerprint density at radius 3 is 2.18 bits per heavy atom. The predicted octanol–water partition coefficient (Wildman–Crippen LogP) is 2.46. The van der Waals surface area contributed by atoms with Crippen molar-refractivity contribution in [1.82, 2.24) is 0 Å². The Kier molecular flexibility index (Phi) is 2.97. The molecule has 1 nitrogen and oxygen atoms in total. The Balaban J connectivity index is 2.83. The first-order valence-corrected chi connectivity index (χ1v) is 4.78. The van der Waals surface area contributed by atoms with Crippen molar-refractivity contribution in [3.63, 3.8) is 0 Å². The van der Waals surface area contributed by atoms with Gasteiger partial charge in [-0.1, -0.05) is 12.1 Å². The van der Waals surface area contributed by atoms with Crippen molar-refractivity contribution in [2.75, 3.05) is 6.26 Å². The molecule has 0 spiro atoms. The maximum atomic E-state index is 9.18. The molecule has 1 atom stereocenters. The van der Waals surface area contributed by atoms with Gasteiger partial charge in [0.1, 0.15) is 0 Å². The van der Waals surface area contributed by atoms with Crippen LogP contribution in [0.2, 0.25) is 0 Å². The first-order chi connectivity index (χ1) is 5.24. The number of benzene rings is 1. The molecule has 1 rings (SSSR count). The van der Waals surface area contributed by atoms with Crippen LogP contribution in [-0.2, 0) is 0 Å². The summed E-state index contributed by atoms with van der Waals surface area (Å²) in [4.78, 5) is 1.23. The van der Waals surface area contributed by atoms with E-state index in [1.165, 1.54) is 4.90 Å². The molecular weight excluding hydrogens is 156 g/mol. The third-order valence-corrected chi connectivity index (χ3v) is 2.34. The largest absolute Gasteiger partial charge is 0.389 e. The monoisotopic (exact) mass is 168 g/mol. The van der Waals surface area contributed by atoms with Crippen molar-refractivity contribution in [1.29, 1.82) is 0 Å². The van der Waals surface area contributed by atoms with Crippen LogP contribution in [0.3, 0.4) is 0 Å². The number of aliphatic hydroxyl groups excluding tert-OH is 1. The van der Waals surface area contributed by atoms with Crippen molar-refractivity contribution >= 4 is 11.8 Å². The van der Waals surface area contributed by atoms with Crippen LogP contribution < -0.4 is 0 Å². The maximum absolute atomic E-state index is 9.18. The predicted molar refractivity (Wildman–Crippen MR) is 48.9 cm³/mol. The summed E-state index contributed by atoms with van der Waals surface area (Å²) < 4.78 is 0. The molecule has 2 heteroatoms. The zero-order valence-corrected chi connectivity index (χ0v) is 7.56. The molecule has 0 fully saturated rings. The second-order valence-electron chi connectivity index (χ2n) is 2.45. The fraction of sp³-hybridized carbons (Fsp3) is 0.333. The van der Waals surface area contributed by atoms with Gasteiger partial charge in [-0.05, 0) is 30.9 Å². The summed E-state index contributed by atoms with van der Waals surface area (Å²) in [5.41, 5.74) is 0.975. The second-order valence-corrected chi connectivity index (χ2v) is 3.33. The molecule has 0 amide bonds. The molecule has 0 heterocycles. The Bertz CT molecular complexity index is 216. The van der Waals surface area contributed by atoms with Crippen LogP contribution in [0.5, 0.6) is 0 Å². The summed E-state index contributed by atoms with van der Waals surface area (Å²) in [6.45, 7) is 1.77. The van der Waals surface area contributed by atoms with Crippen LogP contribution in [0, 0.1) is 0 Å². The first-order valence-electron chi connectivity index (χ1n) is 3.56. The summed E-state index contributed by atoms with van der Waals surface area (Å²) in [6.07, 6.45) is 1.68. The summed E-state index contributed by atoms with van der Waals surface area (Å²) >= 11 is 1.71. The van der Waals surface area contributed by atoms with Crippen molar-refractivity contribution in [2.24, 2.45) is 0 Å². The standard InChI is InChI=1S/C9H12OS/c1-7(10)8-3-5-9(11-2)6-4-8/h3-7,10H,1-2H3/t7-/m1/s1. The highest BCUT2D eigenvalue weighted by molar-refractivity contribution is 7.98. The second kappa shape index (κ2) is 3.79. The molecular formula is C9H12OS. The van der Waals surface area contributed by atoms with E-state index in [-0.39, 0.29) is 6.10 Å². The molecule has 1 aromatic carbocycles. The van der Waals surface area contributed by atoms with Gasteiger partial charge in [-0.25, -0.2) is 0 Å². The Labute approximate surface area is 71.4 Å². The van der Waals surface area contributed by atoms with Gasteiger partial charge in [0.05, 0.1) is 6.10 Å². The molecule has 1 N–H and O–H groups in total. The van der Waals surface area contributed by atoms with Crippen LogP contribution >= 0.6 is 11.8 Å². The van der Waals surface area contributed by atoms with E-state index in [2.05, 4.69) is 0 Å². The molecule has 60 valence electrons. The third-order valence-electron chi connectivity index (χ3n) is 1.60. The lowest BCUT2D eigenvalue weighted by Gasteiger charge is -2.03. The van der Waals surface area contributed by atoms with Crippen molar-refractivity contribution in [3.8, 4) is 0 Å². The topological polar surface area (TPSA) is 20.2 Å². The average molecular weight is 168 g/mol. The van der Waals surface area contributed by atoms with E-state index in [0.717, 1.165) is 5.56 Å². The highest BCUT2D eigenvalue weighted by atomic mass is 32.2. The van der Waals surface area contributed by atoms with Crippen molar-refractivity contribution in [3.05, 3.63) is 29.8 Å². The molecule has 0 aliphatic rings. The van der Waals surface area contributed by atoms with E-state index in [9.17, 15) is 5.11 Å². The lowest BCUT2D eigenvalue weighted by molar-refractivity contribution is 0.199. The highest BCUT2D eigenvalue weighted by Gasteiger charge is 1.98. The van der Waals surface area contributed by atoms with Gasteiger partial charge in [-0.15, -0.1) is 11.8 Å². The quantitative estimate of drug-likeness (QED) is 0.684. The van der Waals surface area contributed by atoms with Crippen molar-refractivity contribution in [2.45, 2.75) is 17.9 Å². The number of hydrogen-bond acceptors (Lipinski definition) is 2. The number of thioether (sulfide) groups is 1. The lowest BCUT2D eigenvalue weighted by Crippen LogP contribution is -1.89. The minimum Gasteiger partial charge on any atom is -0.389 e. The zero-order chi connectivity index (χ0) is 8.27. The van der Waals surface area contributed by atoms with Crippen LogP contribution in [0.15, 0.2) is 29.2 Å². The smallest absolute Gasteiger partial charge is 0.0761 e. The van der Waals surface area contributed by atoms with Gasteiger partial charge >= 0.3 is 0 Å². The van der Waals surface area contributed by atoms with E-state index in [1.54, 1.807) is 18.7 Å². The minimum absolute atomic E-state index is 0.356. The number of hydrogen-bond donors (Lipinski definition) is 1. The molecule has 0 aliphatic heterocycles. The number of rotatable bonds is 2. The fourth-order valence-electron chi connectivity index (χ4n) is 0.882. The highest BCUT2D eigenvalue weighted by Crippen LogP contribution is 2.18. The van der Waals surface area contributed by atoms with Crippen LogP contribution in [0.4, 0.5) is 0 Å². The Hall–Kier alpha value is -0.470. The van der Waals surface area contributed by atoms with Gasteiger partial charge < -0.3 is 5.11 Å². The molecule has 0 bridgehead atoms. The van der Waals surface area contributed by atoms with Crippen LogP contribution in [0.25, 0.3) is 0 Å².